The first-order chi connectivity index (χ1) is 15.2. The van der Waals surface area contributed by atoms with Crippen LogP contribution in [-0.2, 0) is 6.54 Å². The number of halogens is 1. The molecule has 0 amide bonds. The van der Waals surface area contributed by atoms with Gasteiger partial charge in [0.1, 0.15) is 0 Å². The molecule has 2 heterocycles. The molecule has 1 aliphatic rings. The summed E-state index contributed by atoms with van der Waals surface area (Å²) in [5, 5.41) is 1.40. The molecule has 0 aliphatic carbocycles. The Bertz CT molecular complexity index is 1260. The molecule has 5 rings (SSSR count). The van der Waals surface area contributed by atoms with Crippen molar-refractivity contribution in [2.45, 2.75) is 6.54 Å². The Morgan fingerprint density at radius 3 is 2.29 bits per heavy atom. The molecular formula is C25H23ClN4O. The van der Waals surface area contributed by atoms with Crippen molar-refractivity contribution >= 4 is 34.1 Å². The summed E-state index contributed by atoms with van der Waals surface area (Å²) >= 11 is 6.17. The van der Waals surface area contributed by atoms with Crippen LogP contribution in [0.4, 0.5) is 11.6 Å². The Morgan fingerprint density at radius 2 is 1.52 bits per heavy atom. The number of rotatable bonds is 4. The third-order valence-corrected chi connectivity index (χ3v) is 6.00. The van der Waals surface area contributed by atoms with Crippen LogP contribution in [0, 0.1) is 0 Å². The first-order valence-electron chi connectivity index (χ1n) is 10.5. The molecule has 0 bridgehead atoms. The number of piperazine rings is 1. The summed E-state index contributed by atoms with van der Waals surface area (Å²) in [6.45, 7) is 3.75. The molecule has 1 saturated heterocycles. The van der Waals surface area contributed by atoms with E-state index in [1.807, 2.05) is 77.4 Å². The van der Waals surface area contributed by atoms with Crippen molar-refractivity contribution in [3.8, 4) is 0 Å². The van der Waals surface area contributed by atoms with Gasteiger partial charge in [0, 0.05) is 36.9 Å². The van der Waals surface area contributed by atoms with Gasteiger partial charge >= 0.3 is 0 Å². The minimum atomic E-state index is 0.00160. The number of aromatic nitrogens is 2. The van der Waals surface area contributed by atoms with Crippen LogP contribution in [-0.4, -0.2) is 35.7 Å². The molecule has 0 atom stereocenters. The van der Waals surface area contributed by atoms with Crippen LogP contribution >= 0.6 is 11.6 Å². The third kappa shape index (κ3) is 4.01. The van der Waals surface area contributed by atoms with Crippen LogP contribution < -0.4 is 15.4 Å². The molecule has 1 aliphatic heterocycles. The third-order valence-electron chi connectivity index (χ3n) is 5.76. The van der Waals surface area contributed by atoms with E-state index in [2.05, 4.69) is 15.9 Å². The molecule has 0 N–H and O–H groups in total. The first kappa shape index (κ1) is 19.6. The average Bonchev–Trinajstić information content (AvgIpc) is 2.82. The molecule has 1 aromatic heterocycles. The summed E-state index contributed by atoms with van der Waals surface area (Å²) in [4.78, 5) is 22.9. The largest absolute Gasteiger partial charge is 0.368 e. The lowest BCUT2D eigenvalue weighted by molar-refractivity contribution is 0.612. The molecule has 0 saturated carbocycles. The predicted molar refractivity (Wildman–Crippen MR) is 127 cm³/mol. The van der Waals surface area contributed by atoms with Crippen molar-refractivity contribution in [2.24, 2.45) is 0 Å². The van der Waals surface area contributed by atoms with Gasteiger partial charge in [-0.15, -0.1) is 0 Å². The lowest BCUT2D eigenvalue weighted by Gasteiger charge is -2.37. The second kappa shape index (κ2) is 8.44. The van der Waals surface area contributed by atoms with E-state index in [0.717, 1.165) is 53.9 Å². The van der Waals surface area contributed by atoms with Gasteiger partial charge < -0.3 is 9.80 Å². The van der Waals surface area contributed by atoms with Crippen LogP contribution in [0.3, 0.4) is 0 Å². The highest BCUT2D eigenvalue weighted by Crippen LogP contribution is 2.23. The summed E-state index contributed by atoms with van der Waals surface area (Å²) in [7, 11) is 0. The summed E-state index contributed by atoms with van der Waals surface area (Å²) in [6.07, 6.45) is 0. The standard InChI is InChI=1S/C25H23ClN4O/c26-20-9-6-10-21(17-20)28-13-15-29(16-14-28)25-27-23-12-5-4-11-22(23)24(31)30(25)18-19-7-2-1-3-8-19/h1-12,17H,13-16,18H2. The smallest absolute Gasteiger partial charge is 0.263 e. The lowest BCUT2D eigenvalue weighted by atomic mass is 10.2. The van der Waals surface area contributed by atoms with Crippen molar-refractivity contribution in [1.82, 2.24) is 9.55 Å². The minimum Gasteiger partial charge on any atom is -0.368 e. The van der Waals surface area contributed by atoms with E-state index < -0.39 is 0 Å². The Morgan fingerprint density at radius 1 is 0.806 bits per heavy atom. The van der Waals surface area contributed by atoms with Crippen LogP contribution in [0.2, 0.25) is 5.02 Å². The maximum Gasteiger partial charge on any atom is 0.263 e. The molecule has 31 heavy (non-hydrogen) atoms. The molecule has 0 radical (unpaired) electrons. The number of anilines is 2. The van der Waals surface area contributed by atoms with Gasteiger partial charge in [-0.05, 0) is 35.9 Å². The van der Waals surface area contributed by atoms with Crippen LogP contribution in [0.5, 0.6) is 0 Å². The Labute approximate surface area is 186 Å². The van der Waals surface area contributed by atoms with Crippen molar-refractivity contribution < 1.29 is 0 Å². The van der Waals surface area contributed by atoms with Gasteiger partial charge in [0.2, 0.25) is 5.95 Å². The predicted octanol–water partition coefficient (Wildman–Crippen LogP) is 4.42. The van der Waals surface area contributed by atoms with E-state index in [1.165, 1.54) is 0 Å². The maximum absolute atomic E-state index is 13.4. The van der Waals surface area contributed by atoms with Crippen molar-refractivity contribution in [3.63, 3.8) is 0 Å². The van der Waals surface area contributed by atoms with Gasteiger partial charge in [-0.2, -0.15) is 0 Å². The van der Waals surface area contributed by atoms with Crippen LogP contribution in [0.15, 0.2) is 83.7 Å². The number of hydrogen-bond acceptors (Lipinski definition) is 4. The van der Waals surface area contributed by atoms with Gasteiger partial charge in [0.15, 0.2) is 0 Å². The molecule has 0 spiro atoms. The molecule has 0 unspecified atom stereocenters. The van der Waals surface area contributed by atoms with E-state index >= 15 is 0 Å². The summed E-state index contributed by atoms with van der Waals surface area (Å²) in [5.74, 6) is 0.735. The fourth-order valence-electron chi connectivity index (χ4n) is 4.14. The minimum absolute atomic E-state index is 0.00160. The zero-order valence-electron chi connectivity index (χ0n) is 17.1. The summed E-state index contributed by atoms with van der Waals surface area (Å²) in [6, 6.07) is 25.6. The van der Waals surface area contributed by atoms with Crippen LogP contribution in [0.1, 0.15) is 5.56 Å². The molecule has 4 aromatic rings. The van der Waals surface area contributed by atoms with Gasteiger partial charge in [0.05, 0.1) is 17.4 Å². The monoisotopic (exact) mass is 430 g/mol. The Hall–Kier alpha value is -3.31. The summed E-state index contributed by atoms with van der Waals surface area (Å²) in [5.41, 5.74) is 2.95. The van der Waals surface area contributed by atoms with E-state index in [9.17, 15) is 4.79 Å². The summed E-state index contributed by atoms with van der Waals surface area (Å²) < 4.78 is 1.81. The van der Waals surface area contributed by atoms with Crippen molar-refractivity contribution in [2.75, 3.05) is 36.0 Å². The number of fused-ring (bicyclic) bond motifs is 1. The fourth-order valence-corrected chi connectivity index (χ4v) is 4.33. The highest BCUT2D eigenvalue weighted by atomic mass is 35.5. The van der Waals surface area contributed by atoms with Crippen molar-refractivity contribution in [1.29, 1.82) is 0 Å². The SMILES string of the molecule is O=c1c2ccccc2nc(N2CCN(c3cccc(Cl)c3)CC2)n1Cc1ccccc1. The highest BCUT2D eigenvalue weighted by molar-refractivity contribution is 6.30. The number of hydrogen-bond donors (Lipinski definition) is 0. The molecule has 1 fully saturated rings. The molecular weight excluding hydrogens is 408 g/mol. The topological polar surface area (TPSA) is 41.4 Å². The lowest BCUT2D eigenvalue weighted by Crippen LogP contribution is -2.48. The fraction of sp³-hybridized carbons (Fsp3) is 0.200. The molecule has 156 valence electrons. The number of nitrogens with zero attached hydrogens (tertiary/aromatic N) is 4. The normalized spacial score (nSPS) is 14.2. The van der Waals surface area contributed by atoms with Gasteiger partial charge in [-0.1, -0.05) is 60.1 Å². The maximum atomic E-state index is 13.4. The Kier molecular flexibility index (Phi) is 5.35. The number of para-hydroxylation sites is 1. The second-order valence-corrected chi connectivity index (χ2v) is 8.20. The highest BCUT2D eigenvalue weighted by Gasteiger charge is 2.22. The van der Waals surface area contributed by atoms with E-state index in [0.29, 0.717) is 11.9 Å². The number of benzene rings is 3. The van der Waals surface area contributed by atoms with Gasteiger partial charge in [-0.3, -0.25) is 9.36 Å². The average molecular weight is 431 g/mol. The zero-order chi connectivity index (χ0) is 21.2. The van der Waals surface area contributed by atoms with Crippen molar-refractivity contribution in [3.05, 3.63) is 99.8 Å². The van der Waals surface area contributed by atoms with Gasteiger partial charge in [0.25, 0.3) is 5.56 Å². The zero-order valence-corrected chi connectivity index (χ0v) is 17.9. The van der Waals surface area contributed by atoms with Gasteiger partial charge in [-0.25, -0.2) is 4.98 Å². The van der Waals surface area contributed by atoms with Crippen LogP contribution in [0.25, 0.3) is 10.9 Å². The quantitative estimate of drug-likeness (QED) is 0.480. The molecule has 3 aromatic carbocycles. The second-order valence-electron chi connectivity index (χ2n) is 7.76. The Balaban J connectivity index is 1.49. The molecule has 5 nitrogen and oxygen atoms in total. The first-order valence-corrected chi connectivity index (χ1v) is 10.9. The van der Waals surface area contributed by atoms with E-state index in [4.69, 9.17) is 16.6 Å². The molecule has 6 heteroatoms. The van der Waals surface area contributed by atoms with E-state index in [-0.39, 0.29) is 5.56 Å². The van der Waals surface area contributed by atoms with E-state index in [1.54, 1.807) is 0 Å².